The average molecular weight is 255 g/mol. The summed E-state index contributed by atoms with van der Waals surface area (Å²) in [6, 6.07) is 0. The Bertz CT molecular complexity index is 286. The van der Waals surface area contributed by atoms with E-state index in [0.29, 0.717) is 17.8 Å². The molecule has 0 aliphatic heterocycles. The first-order valence-corrected chi connectivity index (χ1v) is 7.18. The monoisotopic (exact) mass is 255 g/mol. The number of carbonyl (C=O) groups is 1. The number of nitrogens with one attached hydrogen (secondary N) is 1. The van der Waals surface area contributed by atoms with Crippen LogP contribution < -0.4 is 5.32 Å². The fourth-order valence-electron chi connectivity index (χ4n) is 2.64. The van der Waals surface area contributed by atoms with Crippen LogP contribution in [0.3, 0.4) is 0 Å². The highest BCUT2D eigenvalue weighted by molar-refractivity contribution is 5.79. The zero-order valence-electron chi connectivity index (χ0n) is 12.7. The summed E-state index contributed by atoms with van der Waals surface area (Å²) in [7, 11) is 1.80. The Balaban J connectivity index is 2.69. The van der Waals surface area contributed by atoms with Crippen molar-refractivity contribution in [1.82, 2.24) is 5.32 Å². The van der Waals surface area contributed by atoms with E-state index in [-0.39, 0.29) is 12.1 Å². The molecule has 106 valence electrons. The van der Waals surface area contributed by atoms with Crippen molar-refractivity contribution in [3.05, 3.63) is 0 Å². The molecule has 3 atom stereocenters. The summed E-state index contributed by atoms with van der Waals surface area (Å²) in [5, 5.41) is 3.01. The largest absolute Gasteiger partial charge is 0.461 e. The molecule has 1 aliphatic carbocycles. The molecule has 3 nitrogen and oxygen atoms in total. The van der Waals surface area contributed by atoms with Crippen molar-refractivity contribution in [1.29, 1.82) is 0 Å². The molecule has 1 fully saturated rings. The first-order chi connectivity index (χ1) is 8.27. The van der Waals surface area contributed by atoms with Gasteiger partial charge in [0.2, 0.25) is 0 Å². The molecule has 0 aromatic heterocycles. The van der Waals surface area contributed by atoms with Gasteiger partial charge in [0, 0.05) is 0 Å². The fourth-order valence-corrected chi connectivity index (χ4v) is 2.64. The minimum atomic E-state index is -0.595. The summed E-state index contributed by atoms with van der Waals surface area (Å²) in [4.78, 5) is 12.2. The Morgan fingerprint density at radius 3 is 2.44 bits per heavy atom. The van der Waals surface area contributed by atoms with E-state index in [4.69, 9.17) is 4.74 Å². The van der Waals surface area contributed by atoms with E-state index in [1.165, 1.54) is 12.8 Å². The van der Waals surface area contributed by atoms with Gasteiger partial charge in [0.25, 0.3) is 0 Å². The lowest BCUT2D eigenvalue weighted by atomic mass is 9.75. The minimum Gasteiger partial charge on any atom is -0.461 e. The van der Waals surface area contributed by atoms with Crippen LogP contribution in [0.4, 0.5) is 0 Å². The van der Waals surface area contributed by atoms with Gasteiger partial charge >= 0.3 is 5.97 Å². The van der Waals surface area contributed by atoms with Crippen molar-refractivity contribution < 1.29 is 9.53 Å². The lowest BCUT2D eigenvalue weighted by Crippen LogP contribution is -2.48. The molecule has 0 spiro atoms. The molecular formula is C15H29NO2. The zero-order chi connectivity index (χ0) is 13.9. The molecule has 0 aromatic rings. The van der Waals surface area contributed by atoms with Crippen LogP contribution in [0.25, 0.3) is 0 Å². The first-order valence-electron chi connectivity index (χ1n) is 7.18. The zero-order valence-corrected chi connectivity index (χ0v) is 12.7. The maximum atomic E-state index is 12.2. The van der Waals surface area contributed by atoms with E-state index >= 15 is 0 Å². The van der Waals surface area contributed by atoms with Crippen LogP contribution in [-0.2, 0) is 9.53 Å². The van der Waals surface area contributed by atoms with Crippen LogP contribution in [0.15, 0.2) is 0 Å². The van der Waals surface area contributed by atoms with E-state index in [9.17, 15) is 4.79 Å². The van der Waals surface area contributed by atoms with Crippen molar-refractivity contribution in [2.45, 2.75) is 65.5 Å². The summed E-state index contributed by atoms with van der Waals surface area (Å²) < 4.78 is 5.79. The topological polar surface area (TPSA) is 38.3 Å². The number of hydrogen-bond donors (Lipinski definition) is 1. The van der Waals surface area contributed by atoms with E-state index in [0.717, 1.165) is 6.42 Å². The highest BCUT2D eigenvalue weighted by Gasteiger charge is 2.36. The van der Waals surface area contributed by atoms with Crippen LogP contribution >= 0.6 is 0 Å². The van der Waals surface area contributed by atoms with Gasteiger partial charge in [-0.3, -0.25) is 4.79 Å². The molecule has 18 heavy (non-hydrogen) atoms. The van der Waals surface area contributed by atoms with E-state index < -0.39 is 5.54 Å². The summed E-state index contributed by atoms with van der Waals surface area (Å²) in [5.41, 5.74) is -0.595. The molecule has 0 aromatic carbocycles. The van der Waals surface area contributed by atoms with Gasteiger partial charge in [0.05, 0.1) is 0 Å². The molecule has 1 aliphatic rings. The van der Waals surface area contributed by atoms with Crippen molar-refractivity contribution in [2.24, 2.45) is 17.8 Å². The van der Waals surface area contributed by atoms with Gasteiger partial charge in [-0.05, 0) is 51.5 Å². The Kier molecular flexibility index (Phi) is 5.20. The third kappa shape index (κ3) is 3.71. The van der Waals surface area contributed by atoms with Crippen LogP contribution in [0, 0.1) is 17.8 Å². The van der Waals surface area contributed by atoms with E-state index in [1.807, 2.05) is 13.8 Å². The molecule has 3 heteroatoms. The number of likely N-dealkylation sites (N-methyl/N-ethyl adjacent to an activating group) is 1. The Morgan fingerprint density at radius 1 is 1.33 bits per heavy atom. The summed E-state index contributed by atoms with van der Waals surface area (Å²) in [6.45, 7) is 10.4. The van der Waals surface area contributed by atoms with Crippen LogP contribution in [0.5, 0.6) is 0 Å². The normalized spacial score (nSPS) is 29.4. The van der Waals surface area contributed by atoms with Gasteiger partial charge < -0.3 is 10.1 Å². The molecule has 0 heterocycles. The number of esters is 1. The lowest BCUT2D eigenvalue weighted by molar-refractivity contribution is -0.162. The van der Waals surface area contributed by atoms with Crippen LogP contribution in [-0.4, -0.2) is 24.7 Å². The molecule has 1 saturated carbocycles. The molecule has 0 saturated heterocycles. The van der Waals surface area contributed by atoms with E-state index in [1.54, 1.807) is 7.05 Å². The number of hydrogen-bond acceptors (Lipinski definition) is 3. The van der Waals surface area contributed by atoms with Gasteiger partial charge in [-0.25, -0.2) is 0 Å². The Hall–Kier alpha value is -0.570. The summed E-state index contributed by atoms with van der Waals surface area (Å²) in [6.07, 6.45) is 3.53. The molecule has 1 N–H and O–H groups in total. The summed E-state index contributed by atoms with van der Waals surface area (Å²) >= 11 is 0. The molecule has 1 rings (SSSR count). The van der Waals surface area contributed by atoms with Gasteiger partial charge in [0.15, 0.2) is 0 Å². The first kappa shape index (κ1) is 15.5. The standard InChI is InChI=1S/C15H29NO2/c1-10(2)12-8-7-11(3)9-13(12)18-14(17)15(4,5)16-6/h10-13,16H,7-9H2,1-6H3. The smallest absolute Gasteiger partial charge is 0.326 e. The second-order valence-corrected chi connectivity index (χ2v) is 6.64. The van der Waals surface area contributed by atoms with Crippen molar-refractivity contribution >= 4 is 5.97 Å². The third-order valence-corrected chi connectivity index (χ3v) is 4.36. The molecule has 0 bridgehead atoms. The highest BCUT2D eigenvalue weighted by atomic mass is 16.5. The van der Waals surface area contributed by atoms with Gasteiger partial charge in [-0.1, -0.05) is 27.2 Å². The van der Waals surface area contributed by atoms with Crippen molar-refractivity contribution in [3.63, 3.8) is 0 Å². The van der Waals surface area contributed by atoms with E-state index in [2.05, 4.69) is 26.1 Å². The van der Waals surface area contributed by atoms with Crippen LogP contribution in [0.2, 0.25) is 0 Å². The highest BCUT2D eigenvalue weighted by Crippen LogP contribution is 2.35. The molecular weight excluding hydrogens is 226 g/mol. The van der Waals surface area contributed by atoms with Gasteiger partial charge in [0.1, 0.15) is 11.6 Å². The molecule has 3 unspecified atom stereocenters. The number of carbonyl (C=O) groups excluding carboxylic acids is 1. The maximum absolute atomic E-state index is 12.2. The predicted molar refractivity (Wildman–Crippen MR) is 74.4 cm³/mol. The Labute approximate surface area is 112 Å². The fraction of sp³-hybridized carbons (Fsp3) is 0.933. The SMILES string of the molecule is CNC(C)(C)C(=O)OC1CC(C)CCC1C(C)C. The summed E-state index contributed by atoms with van der Waals surface area (Å²) in [5.74, 6) is 1.62. The second kappa shape index (κ2) is 6.05. The maximum Gasteiger partial charge on any atom is 0.326 e. The molecule has 0 radical (unpaired) electrons. The quantitative estimate of drug-likeness (QED) is 0.785. The Morgan fingerprint density at radius 2 is 1.94 bits per heavy atom. The van der Waals surface area contributed by atoms with Gasteiger partial charge in [-0.15, -0.1) is 0 Å². The van der Waals surface area contributed by atoms with Crippen LogP contribution in [0.1, 0.15) is 53.9 Å². The number of ether oxygens (including phenoxy) is 1. The second-order valence-electron chi connectivity index (χ2n) is 6.64. The average Bonchev–Trinajstić information content (AvgIpc) is 2.28. The van der Waals surface area contributed by atoms with Crippen molar-refractivity contribution in [2.75, 3.05) is 7.05 Å². The van der Waals surface area contributed by atoms with Crippen molar-refractivity contribution in [3.8, 4) is 0 Å². The molecule has 0 amide bonds. The number of rotatable bonds is 4. The third-order valence-electron chi connectivity index (χ3n) is 4.36. The van der Waals surface area contributed by atoms with Gasteiger partial charge in [-0.2, -0.15) is 0 Å². The minimum absolute atomic E-state index is 0.0916. The predicted octanol–water partition coefficient (Wildman–Crippen LogP) is 2.99. The lowest BCUT2D eigenvalue weighted by Gasteiger charge is -2.38.